The van der Waals surface area contributed by atoms with Crippen molar-refractivity contribution < 1.29 is 32.2 Å². The van der Waals surface area contributed by atoms with Crippen LogP contribution in [-0.4, -0.2) is 37.2 Å². The van der Waals surface area contributed by atoms with Crippen LogP contribution in [0.5, 0.6) is 17.2 Å². The molecule has 0 aliphatic carbocycles. The normalized spacial score (nSPS) is 11.1. The van der Waals surface area contributed by atoms with Crippen molar-refractivity contribution in [1.82, 2.24) is 9.97 Å². The number of carbonyl (C=O) groups excluding carboxylic acids is 1. The van der Waals surface area contributed by atoms with Crippen LogP contribution in [0.15, 0.2) is 29.8 Å². The van der Waals surface area contributed by atoms with E-state index in [0.717, 1.165) is 11.3 Å². The average Bonchev–Trinajstić information content (AvgIpc) is 3.20. The Morgan fingerprint density at radius 1 is 1.09 bits per heavy atom. The Labute approximate surface area is 184 Å². The van der Waals surface area contributed by atoms with E-state index in [4.69, 9.17) is 19.9 Å². The Kier molecular flexibility index (Phi) is 6.58. The number of alkyl halides is 3. The highest BCUT2D eigenvalue weighted by Crippen LogP contribution is 2.41. The summed E-state index contributed by atoms with van der Waals surface area (Å²) in [5.74, 6) is -0.490. The minimum absolute atomic E-state index is 0.0656. The second-order valence-electron chi connectivity index (χ2n) is 6.15. The first-order valence-electron chi connectivity index (χ1n) is 8.83. The minimum Gasteiger partial charge on any atom is -0.493 e. The molecule has 3 aromatic rings. The van der Waals surface area contributed by atoms with Gasteiger partial charge in [-0.3, -0.25) is 4.79 Å². The van der Waals surface area contributed by atoms with Crippen LogP contribution < -0.4 is 30.6 Å². The zero-order chi connectivity index (χ0) is 23.5. The lowest BCUT2D eigenvalue weighted by molar-refractivity contribution is -0.137. The molecule has 0 fully saturated rings. The van der Waals surface area contributed by atoms with E-state index >= 15 is 0 Å². The second-order valence-corrected chi connectivity index (χ2v) is 7.06. The lowest BCUT2D eigenvalue weighted by atomic mass is 10.2. The van der Waals surface area contributed by atoms with E-state index in [-0.39, 0.29) is 16.5 Å². The van der Waals surface area contributed by atoms with Gasteiger partial charge in [-0.1, -0.05) is 0 Å². The maximum Gasteiger partial charge on any atom is 0.421 e. The lowest BCUT2D eigenvalue weighted by Crippen LogP contribution is -2.14. The maximum absolute atomic E-state index is 13.5. The van der Waals surface area contributed by atoms with Crippen molar-refractivity contribution in [3.8, 4) is 17.2 Å². The molecule has 2 aromatic heterocycles. The molecule has 32 heavy (non-hydrogen) atoms. The number of hydrogen-bond donors (Lipinski definition) is 3. The molecule has 170 valence electrons. The number of carbonyl (C=O) groups is 1. The summed E-state index contributed by atoms with van der Waals surface area (Å²) in [5.41, 5.74) is 4.64. The van der Waals surface area contributed by atoms with Crippen molar-refractivity contribution in [2.75, 3.05) is 32.0 Å². The van der Waals surface area contributed by atoms with Crippen molar-refractivity contribution >= 4 is 40.4 Å². The highest BCUT2D eigenvalue weighted by Gasteiger charge is 2.35. The Balaban J connectivity index is 2.01. The van der Waals surface area contributed by atoms with Crippen LogP contribution in [0.3, 0.4) is 0 Å². The number of rotatable bonds is 8. The SMILES string of the molecule is COc1cc(Nc2ncc(C(F)(F)F)c(Nc3ccsc3C(N)=O)n2)cc(OC)c1OC. The minimum atomic E-state index is -4.74. The summed E-state index contributed by atoms with van der Waals surface area (Å²) in [5, 5.41) is 6.85. The van der Waals surface area contributed by atoms with Gasteiger partial charge in [-0.2, -0.15) is 18.2 Å². The van der Waals surface area contributed by atoms with E-state index in [1.165, 1.54) is 32.8 Å². The van der Waals surface area contributed by atoms with Crippen LogP contribution in [0, 0.1) is 0 Å². The van der Waals surface area contributed by atoms with Gasteiger partial charge in [0.15, 0.2) is 11.5 Å². The van der Waals surface area contributed by atoms with E-state index in [1.807, 2.05) is 0 Å². The molecular formula is C19H18F3N5O4S. The first-order chi connectivity index (χ1) is 15.2. The fourth-order valence-corrected chi connectivity index (χ4v) is 3.46. The van der Waals surface area contributed by atoms with Gasteiger partial charge in [0.25, 0.3) is 5.91 Å². The molecule has 0 atom stereocenters. The summed E-state index contributed by atoms with van der Waals surface area (Å²) in [4.78, 5) is 19.3. The van der Waals surface area contributed by atoms with Crippen LogP contribution in [0.2, 0.25) is 0 Å². The van der Waals surface area contributed by atoms with Gasteiger partial charge < -0.3 is 30.6 Å². The zero-order valence-corrected chi connectivity index (χ0v) is 17.9. The number of hydrogen-bond acceptors (Lipinski definition) is 9. The van der Waals surface area contributed by atoms with Crippen LogP contribution in [0.1, 0.15) is 15.2 Å². The summed E-state index contributed by atoms with van der Waals surface area (Å²) < 4.78 is 56.3. The number of thiophene rings is 1. The van der Waals surface area contributed by atoms with E-state index < -0.39 is 23.5 Å². The Morgan fingerprint density at radius 2 is 1.75 bits per heavy atom. The van der Waals surface area contributed by atoms with E-state index in [2.05, 4.69) is 20.6 Å². The topological polar surface area (TPSA) is 121 Å². The van der Waals surface area contributed by atoms with Gasteiger partial charge >= 0.3 is 6.18 Å². The Morgan fingerprint density at radius 3 is 2.28 bits per heavy atom. The molecule has 0 aliphatic heterocycles. The van der Waals surface area contributed by atoms with Crippen molar-refractivity contribution in [2.45, 2.75) is 6.18 Å². The number of benzene rings is 1. The molecule has 0 aliphatic rings. The van der Waals surface area contributed by atoms with E-state index in [0.29, 0.717) is 29.1 Å². The summed E-state index contributed by atoms with van der Waals surface area (Å²) in [7, 11) is 4.29. The monoisotopic (exact) mass is 469 g/mol. The number of amides is 1. The Bertz CT molecular complexity index is 1110. The van der Waals surface area contributed by atoms with Crippen molar-refractivity contribution in [2.24, 2.45) is 5.73 Å². The number of nitrogens with two attached hydrogens (primary N) is 1. The van der Waals surface area contributed by atoms with Gasteiger partial charge in [0.2, 0.25) is 11.7 Å². The summed E-state index contributed by atoms with van der Waals surface area (Å²) >= 11 is 0.992. The van der Waals surface area contributed by atoms with E-state index in [1.54, 1.807) is 12.1 Å². The highest BCUT2D eigenvalue weighted by molar-refractivity contribution is 7.12. The largest absolute Gasteiger partial charge is 0.493 e. The molecule has 4 N–H and O–H groups in total. The maximum atomic E-state index is 13.5. The van der Waals surface area contributed by atoms with Crippen molar-refractivity contribution in [3.05, 3.63) is 40.2 Å². The van der Waals surface area contributed by atoms with Gasteiger partial charge in [0.05, 0.1) is 27.0 Å². The molecule has 3 rings (SSSR count). The molecule has 0 saturated heterocycles. The third-order valence-electron chi connectivity index (χ3n) is 4.16. The molecule has 0 spiro atoms. The Hall–Kier alpha value is -3.74. The first kappa shape index (κ1) is 22.9. The average molecular weight is 469 g/mol. The number of aromatic nitrogens is 2. The van der Waals surface area contributed by atoms with Gasteiger partial charge in [-0.05, 0) is 11.4 Å². The quantitative estimate of drug-likeness (QED) is 0.450. The molecule has 1 amide bonds. The van der Waals surface area contributed by atoms with Crippen LogP contribution in [0.4, 0.5) is 36.3 Å². The van der Waals surface area contributed by atoms with Crippen LogP contribution in [-0.2, 0) is 6.18 Å². The standard InChI is InChI=1S/C19H18F3N5O4S/c1-29-12-6-9(7-13(30-2)14(12)31-3)25-18-24-8-10(19(20,21)22)17(27-18)26-11-4-5-32-15(11)16(23)28/h4-8H,1-3H3,(H2,23,28)(H2,24,25,26,27). The van der Waals surface area contributed by atoms with E-state index in [9.17, 15) is 18.0 Å². The molecule has 1 aromatic carbocycles. The first-order valence-corrected chi connectivity index (χ1v) is 9.71. The van der Waals surface area contributed by atoms with Crippen molar-refractivity contribution in [3.63, 3.8) is 0 Å². The number of nitrogens with one attached hydrogen (secondary N) is 2. The van der Waals surface area contributed by atoms with Crippen LogP contribution >= 0.6 is 11.3 Å². The number of anilines is 4. The number of halogens is 3. The number of ether oxygens (including phenoxy) is 3. The van der Waals surface area contributed by atoms with Crippen LogP contribution in [0.25, 0.3) is 0 Å². The molecule has 0 unspecified atom stereocenters. The molecule has 0 bridgehead atoms. The smallest absolute Gasteiger partial charge is 0.421 e. The number of nitrogens with zero attached hydrogens (tertiary/aromatic N) is 2. The predicted molar refractivity (Wildman–Crippen MR) is 113 cm³/mol. The van der Waals surface area contributed by atoms with Crippen molar-refractivity contribution in [1.29, 1.82) is 0 Å². The van der Waals surface area contributed by atoms with Gasteiger partial charge in [0, 0.05) is 24.0 Å². The molecule has 13 heteroatoms. The summed E-state index contributed by atoms with van der Waals surface area (Å²) in [6.07, 6.45) is -4.11. The van der Waals surface area contributed by atoms with Gasteiger partial charge in [-0.15, -0.1) is 11.3 Å². The summed E-state index contributed by atoms with van der Waals surface area (Å²) in [6, 6.07) is 4.51. The fourth-order valence-electron chi connectivity index (χ4n) is 2.75. The zero-order valence-electron chi connectivity index (χ0n) is 17.0. The number of methoxy groups -OCH3 is 3. The molecule has 9 nitrogen and oxygen atoms in total. The molecule has 2 heterocycles. The molecule has 0 radical (unpaired) electrons. The fraction of sp³-hybridized carbons (Fsp3) is 0.211. The lowest BCUT2D eigenvalue weighted by Gasteiger charge is -2.16. The molecular weight excluding hydrogens is 451 g/mol. The van der Waals surface area contributed by atoms with Gasteiger partial charge in [0.1, 0.15) is 16.3 Å². The third-order valence-corrected chi connectivity index (χ3v) is 5.09. The second kappa shape index (κ2) is 9.18. The summed E-state index contributed by atoms with van der Waals surface area (Å²) in [6.45, 7) is 0. The van der Waals surface area contributed by atoms with Gasteiger partial charge in [-0.25, -0.2) is 4.98 Å². The predicted octanol–water partition coefficient (Wildman–Crippen LogP) is 4.17. The molecule has 0 saturated carbocycles. The highest BCUT2D eigenvalue weighted by atomic mass is 32.1. The third kappa shape index (κ3) is 4.77. The number of primary amides is 1.